The van der Waals surface area contributed by atoms with Crippen LogP contribution < -0.4 is 5.73 Å². The summed E-state index contributed by atoms with van der Waals surface area (Å²) in [7, 11) is 0. The van der Waals surface area contributed by atoms with Gasteiger partial charge in [0.15, 0.2) is 0 Å². The van der Waals surface area contributed by atoms with Crippen LogP contribution in [0.4, 0.5) is 13.2 Å². The zero-order valence-corrected chi connectivity index (χ0v) is 5.81. The van der Waals surface area contributed by atoms with Gasteiger partial charge in [-0.3, -0.25) is 5.73 Å². The van der Waals surface area contributed by atoms with Gasteiger partial charge < -0.3 is 9.47 Å². The van der Waals surface area contributed by atoms with Crippen molar-refractivity contribution in [2.75, 3.05) is 6.61 Å². The van der Waals surface area contributed by atoms with E-state index in [1.807, 2.05) is 0 Å². The first-order chi connectivity index (χ1) is 4.85. The molecule has 2 N–H and O–H groups in total. The molecule has 0 saturated carbocycles. The van der Waals surface area contributed by atoms with Crippen LogP contribution >= 0.6 is 0 Å². The molecule has 1 aliphatic heterocycles. The molecular formula is C5H8F3NO2. The lowest BCUT2D eigenvalue weighted by Gasteiger charge is -2.24. The maximum Gasteiger partial charge on any atom is 0.459 e. The fourth-order valence-corrected chi connectivity index (χ4v) is 0.757. The molecule has 1 aliphatic rings. The molecule has 0 radical (unpaired) electrons. The number of halogens is 3. The van der Waals surface area contributed by atoms with E-state index >= 15 is 0 Å². The van der Waals surface area contributed by atoms with Crippen LogP contribution in [0.15, 0.2) is 0 Å². The van der Waals surface area contributed by atoms with E-state index in [1.165, 1.54) is 6.92 Å². The number of hydrogen-bond donors (Lipinski definition) is 1. The van der Waals surface area contributed by atoms with Gasteiger partial charge in [-0.15, -0.1) is 0 Å². The van der Waals surface area contributed by atoms with E-state index in [0.717, 1.165) is 0 Å². The Hall–Kier alpha value is -0.330. The van der Waals surface area contributed by atoms with Gasteiger partial charge in [-0.05, 0) is 6.92 Å². The Morgan fingerprint density at radius 1 is 1.55 bits per heavy atom. The molecule has 1 saturated heterocycles. The van der Waals surface area contributed by atoms with Gasteiger partial charge in [0.05, 0.1) is 12.7 Å². The third-order valence-electron chi connectivity index (χ3n) is 1.30. The number of ether oxygens (including phenoxy) is 2. The molecule has 1 heterocycles. The largest absolute Gasteiger partial charge is 0.459 e. The number of hydrogen-bond acceptors (Lipinski definition) is 3. The Balaban J connectivity index is 2.69. The average molecular weight is 171 g/mol. The first-order valence-corrected chi connectivity index (χ1v) is 3.02. The molecule has 1 rings (SSSR count). The van der Waals surface area contributed by atoms with Crippen LogP contribution in [0.25, 0.3) is 0 Å². The van der Waals surface area contributed by atoms with Gasteiger partial charge in [-0.1, -0.05) is 0 Å². The second-order valence-electron chi connectivity index (χ2n) is 2.40. The summed E-state index contributed by atoms with van der Waals surface area (Å²) >= 11 is 0. The van der Waals surface area contributed by atoms with Crippen molar-refractivity contribution in [1.82, 2.24) is 0 Å². The standard InChI is InChI=1S/C5H8F3NO2/c1-3-2-10-5(9,11-3)4(6,7)8/h3H,2,9H2,1H3/t3-,5+/m1/s1. The predicted molar refractivity (Wildman–Crippen MR) is 29.5 cm³/mol. The molecule has 3 nitrogen and oxygen atoms in total. The van der Waals surface area contributed by atoms with Crippen LogP contribution in [0.3, 0.4) is 0 Å². The monoisotopic (exact) mass is 171 g/mol. The molecule has 0 bridgehead atoms. The fraction of sp³-hybridized carbons (Fsp3) is 1.00. The Labute approximate surface area is 61.3 Å². The van der Waals surface area contributed by atoms with Gasteiger partial charge in [0, 0.05) is 0 Å². The Morgan fingerprint density at radius 3 is 2.27 bits per heavy atom. The molecule has 0 aromatic rings. The van der Waals surface area contributed by atoms with Crippen LogP contribution in [-0.4, -0.2) is 24.8 Å². The topological polar surface area (TPSA) is 44.5 Å². The Morgan fingerprint density at radius 2 is 2.09 bits per heavy atom. The molecule has 66 valence electrons. The highest BCUT2D eigenvalue weighted by molar-refractivity contribution is 4.78. The molecule has 0 spiro atoms. The summed E-state index contributed by atoms with van der Waals surface area (Å²) in [4.78, 5) is 0. The lowest BCUT2D eigenvalue weighted by atomic mass is 10.4. The van der Waals surface area contributed by atoms with Crippen molar-refractivity contribution in [2.24, 2.45) is 5.73 Å². The molecular weight excluding hydrogens is 163 g/mol. The van der Waals surface area contributed by atoms with Crippen molar-refractivity contribution in [3.8, 4) is 0 Å². The van der Waals surface area contributed by atoms with Crippen molar-refractivity contribution in [1.29, 1.82) is 0 Å². The summed E-state index contributed by atoms with van der Waals surface area (Å²) in [6, 6.07) is 0. The second kappa shape index (κ2) is 2.33. The predicted octanol–water partition coefficient (Wildman–Crippen LogP) is 0.597. The smallest absolute Gasteiger partial charge is 0.328 e. The maximum atomic E-state index is 11.9. The maximum absolute atomic E-state index is 11.9. The van der Waals surface area contributed by atoms with Crippen molar-refractivity contribution in [3.05, 3.63) is 0 Å². The fourth-order valence-electron chi connectivity index (χ4n) is 0.757. The average Bonchev–Trinajstić information content (AvgIpc) is 2.10. The van der Waals surface area contributed by atoms with Gasteiger partial charge >= 0.3 is 12.1 Å². The van der Waals surface area contributed by atoms with E-state index in [9.17, 15) is 13.2 Å². The zero-order valence-electron chi connectivity index (χ0n) is 5.81. The molecule has 0 aliphatic carbocycles. The van der Waals surface area contributed by atoms with Crippen molar-refractivity contribution in [2.45, 2.75) is 25.1 Å². The second-order valence-corrected chi connectivity index (χ2v) is 2.40. The summed E-state index contributed by atoms with van der Waals surface area (Å²) in [6.45, 7) is 1.33. The van der Waals surface area contributed by atoms with Crippen molar-refractivity contribution < 1.29 is 22.6 Å². The summed E-state index contributed by atoms with van der Waals surface area (Å²) < 4.78 is 44.4. The number of nitrogens with two attached hydrogens (primary N) is 1. The number of alkyl halides is 3. The van der Waals surface area contributed by atoms with Gasteiger partial charge in [0.2, 0.25) is 0 Å². The lowest BCUT2D eigenvalue weighted by Crippen LogP contribution is -2.54. The van der Waals surface area contributed by atoms with E-state index in [-0.39, 0.29) is 6.61 Å². The molecule has 0 aromatic carbocycles. The highest BCUT2D eigenvalue weighted by Crippen LogP contribution is 2.34. The van der Waals surface area contributed by atoms with Gasteiger partial charge in [0.25, 0.3) is 0 Å². The van der Waals surface area contributed by atoms with Crippen LogP contribution in [-0.2, 0) is 9.47 Å². The third-order valence-corrected chi connectivity index (χ3v) is 1.30. The van der Waals surface area contributed by atoms with Gasteiger partial charge in [-0.25, -0.2) is 0 Å². The Bertz CT molecular complexity index is 160. The molecule has 0 amide bonds. The van der Waals surface area contributed by atoms with Crippen LogP contribution in [0, 0.1) is 0 Å². The molecule has 1 fully saturated rings. The summed E-state index contributed by atoms with van der Waals surface area (Å²) in [6.07, 6.45) is -5.28. The van der Waals surface area contributed by atoms with Crippen molar-refractivity contribution in [3.63, 3.8) is 0 Å². The minimum atomic E-state index is -4.67. The SMILES string of the molecule is C[C@@H]1CO[C@@](N)(C(F)(F)F)O1. The zero-order chi connectivity index (χ0) is 8.70. The quantitative estimate of drug-likeness (QED) is 0.580. The van der Waals surface area contributed by atoms with Crippen molar-refractivity contribution >= 4 is 0 Å². The normalized spacial score (nSPS) is 39.5. The van der Waals surface area contributed by atoms with E-state index in [0.29, 0.717) is 0 Å². The van der Waals surface area contributed by atoms with Gasteiger partial charge in [0.1, 0.15) is 0 Å². The Kier molecular flexibility index (Phi) is 1.85. The highest BCUT2D eigenvalue weighted by Gasteiger charge is 2.59. The van der Waals surface area contributed by atoms with E-state index in [4.69, 9.17) is 5.73 Å². The molecule has 6 heteroatoms. The molecule has 0 aromatic heterocycles. The number of rotatable bonds is 0. The van der Waals surface area contributed by atoms with Gasteiger partial charge in [-0.2, -0.15) is 13.2 Å². The molecule has 0 unspecified atom stereocenters. The van der Waals surface area contributed by atoms with E-state index in [1.54, 1.807) is 0 Å². The lowest BCUT2D eigenvalue weighted by molar-refractivity contribution is -0.344. The van der Waals surface area contributed by atoms with Crippen LogP contribution in [0.2, 0.25) is 0 Å². The first-order valence-electron chi connectivity index (χ1n) is 3.02. The van der Waals surface area contributed by atoms with Crippen LogP contribution in [0.1, 0.15) is 6.92 Å². The minimum absolute atomic E-state index is 0.129. The van der Waals surface area contributed by atoms with Crippen LogP contribution in [0.5, 0.6) is 0 Å². The highest BCUT2D eigenvalue weighted by atomic mass is 19.4. The summed E-state index contributed by atoms with van der Waals surface area (Å²) in [5.74, 6) is -2.90. The minimum Gasteiger partial charge on any atom is -0.328 e. The summed E-state index contributed by atoms with van der Waals surface area (Å²) in [5, 5.41) is 0. The van der Waals surface area contributed by atoms with E-state index < -0.39 is 18.2 Å². The molecule has 2 atom stereocenters. The third kappa shape index (κ3) is 1.47. The summed E-state index contributed by atoms with van der Waals surface area (Å²) in [5.41, 5.74) is 4.76. The molecule has 11 heavy (non-hydrogen) atoms. The first kappa shape index (κ1) is 8.76. The van der Waals surface area contributed by atoms with E-state index in [2.05, 4.69) is 9.47 Å².